The molecule has 0 spiro atoms. The second kappa shape index (κ2) is 7.80. The van der Waals surface area contributed by atoms with Crippen molar-refractivity contribution in [3.63, 3.8) is 0 Å². The van der Waals surface area contributed by atoms with Gasteiger partial charge in [0.15, 0.2) is 0 Å². The lowest BCUT2D eigenvalue weighted by Crippen LogP contribution is -2.27. The van der Waals surface area contributed by atoms with Gasteiger partial charge in [0.25, 0.3) is 0 Å². The van der Waals surface area contributed by atoms with Crippen molar-refractivity contribution < 1.29 is 13.6 Å². The summed E-state index contributed by atoms with van der Waals surface area (Å²) in [7, 11) is -3.01. The molecule has 21 heavy (non-hydrogen) atoms. The molecule has 0 unspecified atom stereocenters. The molecule has 0 saturated carbocycles. The van der Waals surface area contributed by atoms with Crippen molar-refractivity contribution >= 4 is 19.4 Å². The number of hydrogen-bond acceptors (Lipinski definition) is 5. The molecular weight excluding hydrogens is 305 g/mol. The molecule has 0 radical (unpaired) electrons. The Bertz CT molecular complexity index is 514. The van der Waals surface area contributed by atoms with Gasteiger partial charge in [-0.3, -0.25) is 9.46 Å². The molecule has 1 aliphatic heterocycles. The van der Waals surface area contributed by atoms with E-state index in [-0.39, 0.29) is 0 Å². The number of hydrogen-bond donors (Lipinski definition) is 0. The van der Waals surface area contributed by atoms with Gasteiger partial charge in [-0.1, -0.05) is 18.2 Å². The largest absolute Gasteiger partial charge is 0.344 e. The van der Waals surface area contributed by atoms with Crippen molar-refractivity contribution in [1.82, 2.24) is 4.90 Å². The highest BCUT2D eigenvalue weighted by Gasteiger charge is 2.28. The highest BCUT2D eigenvalue weighted by atomic mass is 32.2. The Balaban J connectivity index is 2.13. The molecule has 1 aliphatic rings. The molecule has 0 aliphatic carbocycles. The second-order valence-corrected chi connectivity index (χ2v) is 8.18. The van der Waals surface area contributed by atoms with Crippen LogP contribution in [-0.2, 0) is 20.2 Å². The van der Waals surface area contributed by atoms with Crippen molar-refractivity contribution in [3.05, 3.63) is 29.3 Å². The van der Waals surface area contributed by atoms with E-state index in [0.29, 0.717) is 19.5 Å². The summed E-state index contributed by atoms with van der Waals surface area (Å²) in [6.45, 7) is 8.36. The smallest absolute Gasteiger partial charge is 0.308 e. The summed E-state index contributed by atoms with van der Waals surface area (Å²) in [4.78, 5) is 3.55. The van der Waals surface area contributed by atoms with E-state index in [1.807, 2.05) is 25.6 Å². The number of benzene rings is 1. The lowest BCUT2D eigenvalue weighted by Gasteiger charge is -2.25. The van der Waals surface area contributed by atoms with Crippen LogP contribution in [0.2, 0.25) is 0 Å². The molecule has 0 N–H and O–H groups in total. The molecular formula is C15H24NO3PS. The van der Waals surface area contributed by atoms with Crippen molar-refractivity contribution in [1.29, 1.82) is 0 Å². The predicted octanol–water partition coefficient (Wildman–Crippen LogP) is 4.13. The van der Waals surface area contributed by atoms with E-state index in [2.05, 4.69) is 30.0 Å². The van der Waals surface area contributed by atoms with Crippen LogP contribution in [0.4, 0.5) is 0 Å². The van der Waals surface area contributed by atoms with Gasteiger partial charge in [0, 0.05) is 23.7 Å². The molecule has 4 nitrogen and oxygen atoms in total. The average Bonchev–Trinajstić information content (AvgIpc) is 2.61. The molecule has 0 bridgehead atoms. The van der Waals surface area contributed by atoms with Gasteiger partial charge in [-0.2, -0.15) is 0 Å². The Morgan fingerprint density at radius 1 is 1.29 bits per heavy atom. The van der Waals surface area contributed by atoms with Gasteiger partial charge in [0.1, 0.15) is 6.29 Å². The highest BCUT2D eigenvalue weighted by Crippen LogP contribution is 2.49. The minimum absolute atomic E-state index is 0.364. The van der Waals surface area contributed by atoms with Crippen LogP contribution in [0.25, 0.3) is 0 Å². The van der Waals surface area contributed by atoms with E-state index < -0.39 is 7.60 Å². The van der Waals surface area contributed by atoms with Crippen LogP contribution >= 0.6 is 19.4 Å². The Hall–Kier alpha value is -0.320. The van der Waals surface area contributed by atoms with Gasteiger partial charge < -0.3 is 9.05 Å². The minimum Gasteiger partial charge on any atom is -0.308 e. The van der Waals surface area contributed by atoms with E-state index in [4.69, 9.17) is 9.05 Å². The fraction of sp³-hybridized carbons (Fsp3) is 0.600. The SMILES string of the molecule is CCOP(=O)(CN1CCSc2c(C)cccc2C1)OCC. The maximum atomic E-state index is 12.7. The van der Waals surface area contributed by atoms with Crippen LogP contribution in [0.1, 0.15) is 25.0 Å². The van der Waals surface area contributed by atoms with Crippen molar-refractivity contribution in [2.24, 2.45) is 0 Å². The van der Waals surface area contributed by atoms with Gasteiger partial charge in [0.05, 0.1) is 13.2 Å². The summed E-state index contributed by atoms with van der Waals surface area (Å²) in [5, 5.41) is 0. The molecule has 0 fully saturated rings. The Labute approximate surface area is 131 Å². The van der Waals surface area contributed by atoms with Crippen LogP contribution in [0, 0.1) is 6.92 Å². The number of rotatable bonds is 6. The van der Waals surface area contributed by atoms with Gasteiger partial charge >= 0.3 is 7.60 Å². The van der Waals surface area contributed by atoms with Crippen LogP contribution in [-0.4, -0.2) is 36.7 Å². The third-order valence-corrected chi connectivity index (χ3v) is 6.68. The van der Waals surface area contributed by atoms with E-state index in [0.717, 1.165) is 18.8 Å². The van der Waals surface area contributed by atoms with Crippen molar-refractivity contribution in [2.75, 3.05) is 31.8 Å². The fourth-order valence-electron chi connectivity index (χ4n) is 2.52. The van der Waals surface area contributed by atoms with Crippen LogP contribution < -0.4 is 0 Å². The van der Waals surface area contributed by atoms with Crippen LogP contribution in [0.15, 0.2) is 23.1 Å². The quantitative estimate of drug-likeness (QED) is 0.734. The van der Waals surface area contributed by atoms with E-state index in [1.54, 1.807) is 0 Å². The third-order valence-electron chi connectivity index (χ3n) is 3.37. The zero-order valence-electron chi connectivity index (χ0n) is 13.0. The van der Waals surface area contributed by atoms with Gasteiger partial charge in [-0.05, 0) is 31.9 Å². The molecule has 1 aromatic rings. The molecule has 1 heterocycles. The van der Waals surface area contributed by atoms with Gasteiger partial charge in [-0.25, -0.2) is 0 Å². The summed E-state index contributed by atoms with van der Waals surface area (Å²) < 4.78 is 23.5. The highest BCUT2D eigenvalue weighted by molar-refractivity contribution is 7.99. The Morgan fingerprint density at radius 3 is 2.67 bits per heavy atom. The molecule has 2 rings (SSSR count). The fourth-order valence-corrected chi connectivity index (χ4v) is 5.44. The maximum absolute atomic E-state index is 12.7. The summed E-state index contributed by atoms with van der Waals surface area (Å²) in [5.41, 5.74) is 2.62. The first-order valence-corrected chi connectivity index (χ1v) is 10.1. The molecule has 118 valence electrons. The summed E-state index contributed by atoms with van der Waals surface area (Å²) >= 11 is 1.88. The standard InChI is InChI=1S/C15H24NO3PS/c1-4-18-20(17,19-5-2)12-16-9-10-21-15-13(3)7-6-8-14(15)11-16/h6-8H,4-5,9-12H2,1-3H3. The van der Waals surface area contributed by atoms with Crippen molar-refractivity contribution in [3.8, 4) is 0 Å². The van der Waals surface area contributed by atoms with Crippen LogP contribution in [0.5, 0.6) is 0 Å². The lowest BCUT2D eigenvalue weighted by molar-refractivity contribution is 0.196. The number of aryl methyl sites for hydroxylation is 1. The first-order valence-electron chi connectivity index (χ1n) is 7.39. The topological polar surface area (TPSA) is 38.8 Å². The summed E-state index contributed by atoms with van der Waals surface area (Å²) in [6.07, 6.45) is 0.364. The average molecular weight is 329 g/mol. The van der Waals surface area contributed by atoms with Crippen molar-refractivity contribution in [2.45, 2.75) is 32.2 Å². The monoisotopic (exact) mass is 329 g/mol. The molecule has 6 heteroatoms. The third kappa shape index (κ3) is 4.57. The first kappa shape index (κ1) is 17.0. The molecule has 0 atom stereocenters. The number of fused-ring (bicyclic) bond motifs is 1. The minimum atomic E-state index is -3.01. The van der Waals surface area contributed by atoms with E-state index in [1.165, 1.54) is 16.0 Å². The van der Waals surface area contributed by atoms with Gasteiger partial charge in [-0.15, -0.1) is 11.8 Å². The Morgan fingerprint density at radius 2 is 2.00 bits per heavy atom. The zero-order chi connectivity index (χ0) is 15.3. The van der Waals surface area contributed by atoms with E-state index in [9.17, 15) is 4.57 Å². The second-order valence-electron chi connectivity index (χ2n) is 5.05. The van der Waals surface area contributed by atoms with Crippen LogP contribution in [0.3, 0.4) is 0 Å². The zero-order valence-corrected chi connectivity index (χ0v) is 14.7. The normalized spacial score (nSPS) is 16.5. The number of thioether (sulfide) groups is 1. The first-order chi connectivity index (χ1) is 10.1. The maximum Gasteiger partial charge on any atom is 0.344 e. The molecule has 0 aromatic heterocycles. The molecule has 0 saturated heterocycles. The summed E-state index contributed by atoms with van der Waals surface area (Å²) in [6, 6.07) is 6.38. The molecule has 1 aromatic carbocycles. The number of nitrogens with zero attached hydrogens (tertiary/aromatic N) is 1. The van der Waals surface area contributed by atoms with Gasteiger partial charge in [0.2, 0.25) is 0 Å². The lowest BCUT2D eigenvalue weighted by atomic mass is 10.1. The molecule has 0 amide bonds. The predicted molar refractivity (Wildman–Crippen MR) is 88.0 cm³/mol. The Kier molecular flexibility index (Phi) is 6.33. The summed E-state index contributed by atoms with van der Waals surface area (Å²) in [5.74, 6) is 0.996. The van der Waals surface area contributed by atoms with E-state index >= 15 is 0 Å².